The van der Waals surface area contributed by atoms with Gasteiger partial charge in [0.1, 0.15) is 11.5 Å². The molecule has 1 fully saturated rings. The Hall–Kier alpha value is -2.43. The summed E-state index contributed by atoms with van der Waals surface area (Å²) in [7, 11) is 0. The van der Waals surface area contributed by atoms with Gasteiger partial charge < -0.3 is 10.0 Å². The Kier molecular flexibility index (Phi) is 6.01. The molecule has 1 saturated heterocycles. The van der Waals surface area contributed by atoms with Gasteiger partial charge in [-0.1, -0.05) is 32.9 Å². The van der Waals surface area contributed by atoms with Crippen LogP contribution in [0.4, 0.5) is 5.69 Å². The highest BCUT2D eigenvalue weighted by Crippen LogP contribution is 2.28. The van der Waals surface area contributed by atoms with Crippen LogP contribution in [0.15, 0.2) is 24.3 Å². The number of carbonyl (C=O) groups is 1. The van der Waals surface area contributed by atoms with Gasteiger partial charge in [0, 0.05) is 25.2 Å². The van der Waals surface area contributed by atoms with E-state index in [0.29, 0.717) is 23.7 Å². The molecule has 1 N–H and O–H groups in total. The lowest BCUT2D eigenvalue weighted by molar-refractivity contribution is 0.111. The topological polar surface area (TPSA) is 66.3 Å². The third kappa shape index (κ3) is 4.70. The van der Waals surface area contributed by atoms with Gasteiger partial charge in [-0.2, -0.15) is 0 Å². The van der Waals surface area contributed by atoms with Crippen LogP contribution in [0.2, 0.25) is 0 Å². The Labute approximate surface area is 167 Å². The average Bonchev–Trinajstić information content (AvgIpc) is 2.89. The van der Waals surface area contributed by atoms with Crippen molar-refractivity contribution in [1.82, 2.24) is 9.97 Å². The van der Waals surface area contributed by atoms with Gasteiger partial charge in [0.05, 0.1) is 5.69 Å². The van der Waals surface area contributed by atoms with Gasteiger partial charge in [-0.3, -0.25) is 4.79 Å². The molecule has 2 aromatic rings. The van der Waals surface area contributed by atoms with Crippen molar-refractivity contribution < 1.29 is 9.90 Å². The van der Waals surface area contributed by atoms with Gasteiger partial charge in [-0.05, 0) is 55.2 Å². The molecular weight excluding hydrogens is 350 g/mol. The Morgan fingerprint density at radius 2 is 1.86 bits per heavy atom. The van der Waals surface area contributed by atoms with Crippen molar-refractivity contribution in [3.8, 4) is 5.75 Å². The summed E-state index contributed by atoms with van der Waals surface area (Å²) in [6, 6.07) is 8.96. The van der Waals surface area contributed by atoms with E-state index in [-0.39, 0.29) is 16.9 Å². The lowest BCUT2D eigenvalue weighted by atomic mass is 9.87. The van der Waals surface area contributed by atoms with Crippen LogP contribution in [0, 0.1) is 12.8 Å². The van der Waals surface area contributed by atoms with E-state index in [4.69, 9.17) is 0 Å². The standard InChI is InChI=1S/C23H31N3O2/c1-16-22(28)20(15-27)25-21(24-16)14-17-6-5-12-26(13-11-17)19-9-7-18(8-10-19)23(2,3)4/h7-10,15,17,28H,5-6,11-14H2,1-4H3. The number of aromatic nitrogens is 2. The number of rotatable bonds is 4. The highest BCUT2D eigenvalue weighted by molar-refractivity contribution is 5.76. The zero-order valence-corrected chi connectivity index (χ0v) is 17.4. The van der Waals surface area contributed by atoms with Crippen molar-refractivity contribution in [3.63, 3.8) is 0 Å². The SMILES string of the molecule is Cc1nc(CC2CCCN(c3ccc(C(C)(C)C)cc3)CC2)nc(C=O)c1O. The molecule has 1 aromatic heterocycles. The fraction of sp³-hybridized carbons (Fsp3) is 0.522. The van der Waals surface area contributed by atoms with Crippen LogP contribution in [0.25, 0.3) is 0 Å². The van der Waals surface area contributed by atoms with Crippen molar-refractivity contribution in [2.75, 3.05) is 18.0 Å². The van der Waals surface area contributed by atoms with Crippen molar-refractivity contribution >= 4 is 12.0 Å². The first-order valence-electron chi connectivity index (χ1n) is 10.1. The van der Waals surface area contributed by atoms with Crippen LogP contribution in [0.1, 0.15) is 67.6 Å². The Bertz CT molecular complexity index is 825. The summed E-state index contributed by atoms with van der Waals surface area (Å²) in [5.41, 5.74) is 3.38. The van der Waals surface area contributed by atoms with Crippen molar-refractivity contribution in [3.05, 3.63) is 47.0 Å². The zero-order chi connectivity index (χ0) is 20.3. The van der Waals surface area contributed by atoms with Crippen LogP contribution in [0.3, 0.4) is 0 Å². The molecule has 2 heterocycles. The number of hydrogen-bond donors (Lipinski definition) is 1. The third-order valence-electron chi connectivity index (χ3n) is 5.66. The van der Waals surface area contributed by atoms with Crippen LogP contribution >= 0.6 is 0 Å². The molecule has 5 nitrogen and oxygen atoms in total. The molecule has 1 aromatic carbocycles. The summed E-state index contributed by atoms with van der Waals surface area (Å²) < 4.78 is 0. The fourth-order valence-electron chi connectivity index (χ4n) is 3.88. The largest absolute Gasteiger partial charge is 0.504 e. The van der Waals surface area contributed by atoms with E-state index in [9.17, 15) is 9.90 Å². The molecule has 1 atom stereocenters. The molecule has 1 aliphatic rings. The normalized spacial score (nSPS) is 18.0. The summed E-state index contributed by atoms with van der Waals surface area (Å²) in [6.45, 7) is 10.5. The van der Waals surface area contributed by atoms with Crippen molar-refractivity contribution in [2.45, 2.75) is 58.8 Å². The van der Waals surface area contributed by atoms with Gasteiger partial charge in [0.2, 0.25) is 0 Å². The van der Waals surface area contributed by atoms with Crippen LogP contribution in [0.5, 0.6) is 5.75 Å². The van der Waals surface area contributed by atoms with Gasteiger partial charge in [0.25, 0.3) is 0 Å². The van der Waals surface area contributed by atoms with Crippen LogP contribution in [-0.4, -0.2) is 34.5 Å². The molecule has 3 rings (SSSR count). The molecule has 0 aliphatic carbocycles. The molecule has 5 heteroatoms. The number of aryl methyl sites for hydroxylation is 1. The summed E-state index contributed by atoms with van der Waals surface area (Å²) in [5, 5.41) is 9.84. The van der Waals surface area contributed by atoms with E-state index in [1.165, 1.54) is 11.3 Å². The van der Waals surface area contributed by atoms with Gasteiger partial charge in [0.15, 0.2) is 12.0 Å². The first-order valence-corrected chi connectivity index (χ1v) is 10.1. The molecule has 28 heavy (non-hydrogen) atoms. The first-order chi connectivity index (χ1) is 13.3. The summed E-state index contributed by atoms with van der Waals surface area (Å²) in [6.07, 6.45) is 4.67. The Morgan fingerprint density at radius 3 is 2.50 bits per heavy atom. The van der Waals surface area contributed by atoms with Crippen LogP contribution < -0.4 is 4.90 Å². The van der Waals surface area contributed by atoms with Crippen molar-refractivity contribution in [1.29, 1.82) is 0 Å². The number of aldehydes is 1. The Balaban J connectivity index is 1.65. The smallest absolute Gasteiger partial charge is 0.172 e. The molecule has 0 amide bonds. The monoisotopic (exact) mass is 381 g/mol. The number of anilines is 1. The van der Waals surface area contributed by atoms with E-state index in [0.717, 1.165) is 38.8 Å². The van der Waals surface area contributed by atoms with Crippen LogP contribution in [-0.2, 0) is 11.8 Å². The van der Waals surface area contributed by atoms with Crippen molar-refractivity contribution in [2.24, 2.45) is 5.92 Å². The van der Waals surface area contributed by atoms with E-state index in [2.05, 4.69) is 59.9 Å². The number of benzene rings is 1. The number of aromatic hydroxyl groups is 1. The molecular formula is C23H31N3O2. The second kappa shape index (κ2) is 8.29. The Morgan fingerprint density at radius 1 is 1.14 bits per heavy atom. The van der Waals surface area contributed by atoms with E-state index >= 15 is 0 Å². The quantitative estimate of drug-likeness (QED) is 0.793. The first kappa shape index (κ1) is 20.3. The molecule has 0 radical (unpaired) electrons. The lowest BCUT2D eigenvalue weighted by Crippen LogP contribution is -2.24. The lowest BCUT2D eigenvalue weighted by Gasteiger charge is -2.25. The zero-order valence-electron chi connectivity index (χ0n) is 17.4. The van der Waals surface area contributed by atoms with E-state index in [1.807, 2.05) is 0 Å². The molecule has 0 saturated carbocycles. The van der Waals surface area contributed by atoms with Gasteiger partial charge in [-0.25, -0.2) is 9.97 Å². The highest BCUT2D eigenvalue weighted by atomic mass is 16.3. The molecule has 1 unspecified atom stereocenters. The number of hydrogen-bond acceptors (Lipinski definition) is 5. The minimum absolute atomic E-state index is 0.0942. The predicted molar refractivity (Wildman–Crippen MR) is 112 cm³/mol. The fourth-order valence-corrected chi connectivity index (χ4v) is 3.88. The summed E-state index contributed by atoms with van der Waals surface area (Å²) in [5.74, 6) is 1.04. The minimum atomic E-state index is -0.107. The number of nitrogens with zero attached hydrogens (tertiary/aromatic N) is 3. The maximum absolute atomic E-state index is 11.1. The van der Waals surface area contributed by atoms with Gasteiger partial charge in [-0.15, -0.1) is 0 Å². The molecule has 1 aliphatic heterocycles. The second-order valence-corrected chi connectivity index (χ2v) is 8.86. The number of carbonyl (C=O) groups excluding carboxylic acids is 1. The molecule has 150 valence electrons. The maximum Gasteiger partial charge on any atom is 0.172 e. The average molecular weight is 382 g/mol. The molecule has 0 bridgehead atoms. The summed E-state index contributed by atoms with van der Waals surface area (Å²) >= 11 is 0. The molecule has 0 spiro atoms. The predicted octanol–water partition coefficient (Wildman–Crippen LogP) is 4.45. The second-order valence-electron chi connectivity index (χ2n) is 8.86. The third-order valence-corrected chi connectivity index (χ3v) is 5.66. The maximum atomic E-state index is 11.1. The van der Waals surface area contributed by atoms with E-state index < -0.39 is 0 Å². The minimum Gasteiger partial charge on any atom is -0.504 e. The summed E-state index contributed by atoms with van der Waals surface area (Å²) in [4.78, 5) is 22.2. The van der Waals surface area contributed by atoms with E-state index in [1.54, 1.807) is 6.92 Å². The van der Waals surface area contributed by atoms with Gasteiger partial charge >= 0.3 is 0 Å². The highest BCUT2D eigenvalue weighted by Gasteiger charge is 2.21.